The van der Waals surface area contributed by atoms with E-state index in [-0.39, 0.29) is 18.1 Å². The molecule has 7 heteroatoms. The Bertz CT molecular complexity index is 953. The third kappa shape index (κ3) is 5.65. The van der Waals surface area contributed by atoms with Gasteiger partial charge in [0.15, 0.2) is 11.0 Å². The molecule has 1 amide bonds. The van der Waals surface area contributed by atoms with Gasteiger partial charge in [0.1, 0.15) is 0 Å². The van der Waals surface area contributed by atoms with Crippen LogP contribution in [0.25, 0.3) is 6.08 Å². The smallest absolute Gasteiger partial charge is 0.240 e. The third-order valence-corrected chi connectivity index (χ3v) is 5.24. The second-order valence-electron chi connectivity index (χ2n) is 6.18. The highest BCUT2D eigenvalue weighted by Gasteiger charge is 2.32. The highest BCUT2D eigenvalue weighted by Crippen LogP contribution is 2.24. The quantitative estimate of drug-likeness (QED) is 0.429. The highest BCUT2D eigenvalue weighted by molar-refractivity contribution is 8.15. The van der Waals surface area contributed by atoms with Gasteiger partial charge in [-0.2, -0.15) is 5.10 Å². The molecule has 5 nitrogen and oxygen atoms in total. The number of hydrogen-bond donors (Lipinski definition) is 1. The standard InChI is InChI=1S/C21H18ClN3O2S/c1-14(11-15-5-3-2-4-6-15)13-23-25-21-24-20(27)19(28-21)12-18(26)16-7-9-17(22)10-8-16/h2-11,13,19H,12H2,1H3,(H,24,25,27)/b14-11+,23-13+. The Labute approximate surface area is 172 Å². The molecule has 1 unspecified atom stereocenters. The topological polar surface area (TPSA) is 70.9 Å². The van der Waals surface area contributed by atoms with Gasteiger partial charge in [-0.3, -0.25) is 9.59 Å². The van der Waals surface area contributed by atoms with Crippen molar-refractivity contribution >= 4 is 52.5 Å². The van der Waals surface area contributed by atoms with Crippen molar-refractivity contribution in [3.05, 3.63) is 76.3 Å². The highest BCUT2D eigenvalue weighted by atomic mass is 35.5. The third-order valence-electron chi connectivity index (χ3n) is 3.92. The van der Waals surface area contributed by atoms with Crippen molar-refractivity contribution in [2.24, 2.45) is 10.2 Å². The Morgan fingerprint density at radius 3 is 2.61 bits per heavy atom. The molecule has 3 rings (SSSR count). The molecule has 0 radical (unpaired) electrons. The van der Waals surface area contributed by atoms with E-state index in [1.807, 2.05) is 43.3 Å². The van der Waals surface area contributed by atoms with E-state index in [2.05, 4.69) is 15.5 Å². The lowest BCUT2D eigenvalue weighted by atomic mass is 10.1. The fourth-order valence-corrected chi connectivity index (χ4v) is 3.58. The van der Waals surface area contributed by atoms with Gasteiger partial charge >= 0.3 is 0 Å². The average molecular weight is 412 g/mol. The van der Waals surface area contributed by atoms with Crippen molar-refractivity contribution < 1.29 is 9.59 Å². The predicted octanol–water partition coefficient (Wildman–Crippen LogP) is 4.59. The first-order valence-corrected chi connectivity index (χ1v) is 9.88. The molecule has 28 heavy (non-hydrogen) atoms. The molecule has 2 aromatic rings. The second kappa shape index (κ2) is 9.48. The normalized spacial score (nSPS) is 18.6. The van der Waals surface area contributed by atoms with Crippen LogP contribution in [0.1, 0.15) is 29.3 Å². The van der Waals surface area contributed by atoms with Gasteiger partial charge in [-0.1, -0.05) is 59.8 Å². The van der Waals surface area contributed by atoms with Gasteiger partial charge < -0.3 is 5.32 Å². The maximum atomic E-state index is 12.3. The number of halogens is 1. The van der Waals surface area contributed by atoms with E-state index < -0.39 is 5.25 Å². The number of ketones is 1. The molecule has 0 spiro atoms. The SMILES string of the molecule is CC(/C=N/N=C1\NC(=O)C(CC(=O)c2ccc(Cl)cc2)S1)=C\c1ccccc1. The zero-order chi connectivity index (χ0) is 19.9. The minimum Gasteiger partial charge on any atom is -0.303 e. The zero-order valence-corrected chi connectivity index (χ0v) is 16.7. The van der Waals surface area contributed by atoms with E-state index in [1.54, 1.807) is 30.5 Å². The molecular formula is C21H18ClN3O2S. The molecule has 1 N–H and O–H groups in total. The lowest BCUT2D eigenvalue weighted by molar-refractivity contribution is -0.118. The Kier molecular flexibility index (Phi) is 6.79. The molecule has 0 aliphatic carbocycles. The maximum Gasteiger partial charge on any atom is 0.240 e. The van der Waals surface area contributed by atoms with E-state index in [9.17, 15) is 9.59 Å². The average Bonchev–Trinajstić information content (AvgIpc) is 3.02. The molecule has 1 fully saturated rings. The fourth-order valence-electron chi connectivity index (χ4n) is 2.53. The van der Waals surface area contributed by atoms with Crippen LogP contribution in [0.3, 0.4) is 0 Å². The van der Waals surface area contributed by atoms with Gasteiger partial charge in [-0.05, 0) is 42.3 Å². The summed E-state index contributed by atoms with van der Waals surface area (Å²) in [6.07, 6.45) is 3.70. The minimum absolute atomic E-state index is 0.0911. The van der Waals surface area contributed by atoms with Gasteiger partial charge in [0.2, 0.25) is 5.91 Å². The van der Waals surface area contributed by atoms with Crippen LogP contribution >= 0.6 is 23.4 Å². The summed E-state index contributed by atoms with van der Waals surface area (Å²) in [7, 11) is 0. The van der Waals surface area contributed by atoms with E-state index >= 15 is 0 Å². The van der Waals surface area contributed by atoms with Crippen LogP contribution in [-0.4, -0.2) is 28.3 Å². The number of nitrogens with one attached hydrogen (secondary N) is 1. The first-order valence-electron chi connectivity index (χ1n) is 8.62. The van der Waals surface area contributed by atoms with Crippen LogP contribution in [0, 0.1) is 0 Å². The van der Waals surface area contributed by atoms with E-state index in [0.29, 0.717) is 15.8 Å². The summed E-state index contributed by atoms with van der Waals surface area (Å²) in [5, 5.41) is 11.2. The Morgan fingerprint density at radius 2 is 1.89 bits per heavy atom. The molecule has 2 aromatic carbocycles. The first kappa shape index (κ1) is 20.0. The van der Waals surface area contributed by atoms with Crippen LogP contribution in [0.5, 0.6) is 0 Å². The number of nitrogens with zero attached hydrogens (tertiary/aromatic N) is 2. The number of thioether (sulfide) groups is 1. The molecule has 0 saturated carbocycles. The predicted molar refractivity (Wildman–Crippen MR) is 116 cm³/mol. The van der Waals surface area contributed by atoms with Gasteiger partial charge in [0.25, 0.3) is 0 Å². The van der Waals surface area contributed by atoms with Crippen LogP contribution in [0.2, 0.25) is 5.02 Å². The molecule has 1 saturated heterocycles. The number of hydrogen-bond acceptors (Lipinski definition) is 5. The summed E-state index contributed by atoms with van der Waals surface area (Å²) in [6, 6.07) is 16.5. The summed E-state index contributed by atoms with van der Waals surface area (Å²) in [4.78, 5) is 24.4. The van der Waals surface area contributed by atoms with Crippen molar-refractivity contribution in [2.75, 3.05) is 0 Å². The number of carbonyl (C=O) groups is 2. The number of allylic oxidation sites excluding steroid dienone is 1. The summed E-state index contributed by atoms with van der Waals surface area (Å²) in [5.74, 6) is -0.353. The fraction of sp³-hybridized carbons (Fsp3) is 0.143. The van der Waals surface area contributed by atoms with Gasteiger partial charge in [-0.15, -0.1) is 5.10 Å². The molecule has 142 valence electrons. The molecule has 1 atom stereocenters. The molecule has 1 aliphatic heterocycles. The number of Topliss-reactive ketones (excluding diaryl/α,β-unsaturated/α-hetero) is 1. The number of carbonyl (C=O) groups excluding carboxylic acids is 2. The van der Waals surface area contributed by atoms with Gasteiger partial charge in [0.05, 0.1) is 11.5 Å². The first-order chi connectivity index (χ1) is 13.5. The van der Waals surface area contributed by atoms with E-state index in [4.69, 9.17) is 11.6 Å². The lowest BCUT2D eigenvalue weighted by Gasteiger charge is -2.04. The summed E-state index contributed by atoms with van der Waals surface area (Å²) in [6.45, 7) is 1.92. The summed E-state index contributed by atoms with van der Waals surface area (Å²) < 4.78 is 0. The van der Waals surface area contributed by atoms with E-state index in [0.717, 1.165) is 11.1 Å². The monoisotopic (exact) mass is 411 g/mol. The second-order valence-corrected chi connectivity index (χ2v) is 7.81. The molecule has 0 bridgehead atoms. The van der Waals surface area contributed by atoms with Crippen LogP contribution < -0.4 is 5.32 Å². The number of benzene rings is 2. The molecule has 0 aromatic heterocycles. The van der Waals surface area contributed by atoms with Crippen molar-refractivity contribution in [1.82, 2.24) is 5.32 Å². The molecule has 1 aliphatic rings. The number of amidine groups is 1. The van der Waals surface area contributed by atoms with Crippen LogP contribution in [0.4, 0.5) is 0 Å². The van der Waals surface area contributed by atoms with E-state index in [1.165, 1.54) is 11.8 Å². The number of amides is 1. The Balaban J connectivity index is 1.58. The summed E-state index contributed by atoms with van der Waals surface area (Å²) >= 11 is 7.04. The van der Waals surface area contributed by atoms with Crippen molar-refractivity contribution in [1.29, 1.82) is 0 Å². The number of rotatable bonds is 6. The zero-order valence-electron chi connectivity index (χ0n) is 15.1. The van der Waals surface area contributed by atoms with Crippen molar-refractivity contribution in [2.45, 2.75) is 18.6 Å². The van der Waals surface area contributed by atoms with Crippen LogP contribution in [0.15, 0.2) is 70.4 Å². The minimum atomic E-state index is -0.516. The lowest BCUT2D eigenvalue weighted by Crippen LogP contribution is -2.26. The van der Waals surface area contributed by atoms with Crippen molar-refractivity contribution in [3.8, 4) is 0 Å². The molecule has 1 heterocycles. The Morgan fingerprint density at radius 1 is 1.18 bits per heavy atom. The van der Waals surface area contributed by atoms with Gasteiger partial charge in [0, 0.05) is 17.0 Å². The molecular weight excluding hydrogens is 394 g/mol. The van der Waals surface area contributed by atoms with Gasteiger partial charge in [-0.25, -0.2) is 0 Å². The van der Waals surface area contributed by atoms with Crippen molar-refractivity contribution in [3.63, 3.8) is 0 Å². The largest absolute Gasteiger partial charge is 0.303 e. The maximum absolute atomic E-state index is 12.3. The summed E-state index contributed by atoms with van der Waals surface area (Å²) in [5.41, 5.74) is 2.53. The Hall–Kier alpha value is -2.70. The van der Waals surface area contributed by atoms with Crippen LogP contribution in [-0.2, 0) is 4.79 Å².